The maximum absolute atomic E-state index is 11.7. The summed E-state index contributed by atoms with van der Waals surface area (Å²) < 4.78 is 0. The van der Waals surface area contributed by atoms with Gasteiger partial charge >= 0.3 is 0 Å². The molecule has 1 saturated heterocycles. The number of benzene rings is 1. The van der Waals surface area contributed by atoms with Gasteiger partial charge in [0.1, 0.15) is 0 Å². The lowest BCUT2D eigenvalue weighted by molar-refractivity contribution is -0.117. The van der Waals surface area contributed by atoms with Gasteiger partial charge in [0.25, 0.3) is 0 Å². The molecule has 1 fully saturated rings. The van der Waals surface area contributed by atoms with Gasteiger partial charge in [0.05, 0.1) is 5.38 Å². The fourth-order valence-electron chi connectivity index (χ4n) is 1.92. The summed E-state index contributed by atoms with van der Waals surface area (Å²) in [6.07, 6.45) is 0.453. The number of hydrogen-bond donors (Lipinski definition) is 0. The van der Waals surface area contributed by atoms with E-state index >= 15 is 0 Å². The number of nitrogens with zero attached hydrogens (tertiary/aromatic N) is 1. The largest absolute Gasteiger partial charge is 0.311 e. The van der Waals surface area contributed by atoms with Crippen LogP contribution in [0.2, 0.25) is 0 Å². The summed E-state index contributed by atoms with van der Waals surface area (Å²) in [7, 11) is 0. The van der Waals surface area contributed by atoms with Crippen molar-refractivity contribution in [1.29, 1.82) is 0 Å². The van der Waals surface area contributed by atoms with Crippen LogP contribution < -0.4 is 4.90 Å². The lowest BCUT2D eigenvalue weighted by Gasteiger charge is -2.19. The molecule has 1 aliphatic heterocycles. The van der Waals surface area contributed by atoms with Crippen molar-refractivity contribution in [2.24, 2.45) is 0 Å². The van der Waals surface area contributed by atoms with E-state index in [0.717, 1.165) is 11.3 Å². The molecule has 0 saturated carbocycles. The first-order chi connectivity index (χ1) is 7.09. The fourth-order valence-corrected chi connectivity index (χ4v) is 2.19. The number of aryl methyl sites for hydroxylation is 1. The molecule has 1 amide bonds. The second-order valence-corrected chi connectivity index (χ2v) is 4.64. The van der Waals surface area contributed by atoms with Crippen LogP contribution in [0.5, 0.6) is 0 Å². The molecule has 0 radical (unpaired) electrons. The number of alkyl halides is 1. The number of rotatable bonds is 1. The number of carbonyl (C=O) groups is 1. The second-order valence-electron chi connectivity index (χ2n) is 4.02. The molecule has 2 nitrogen and oxygen atoms in total. The molecule has 0 bridgehead atoms. The average Bonchev–Trinajstić information content (AvgIpc) is 2.50. The molecule has 0 spiro atoms. The van der Waals surface area contributed by atoms with Crippen molar-refractivity contribution in [2.45, 2.75) is 25.6 Å². The molecule has 0 aliphatic carbocycles. The van der Waals surface area contributed by atoms with Crippen LogP contribution in [0.4, 0.5) is 5.69 Å². The molecule has 1 unspecified atom stereocenters. The van der Waals surface area contributed by atoms with Crippen molar-refractivity contribution in [2.75, 3.05) is 11.4 Å². The van der Waals surface area contributed by atoms with Gasteiger partial charge < -0.3 is 4.90 Å². The highest BCUT2D eigenvalue weighted by Crippen LogP contribution is 2.28. The zero-order valence-corrected chi connectivity index (χ0v) is 9.71. The van der Waals surface area contributed by atoms with Crippen LogP contribution in [0.15, 0.2) is 18.2 Å². The SMILES string of the molecule is Cc1cccc(N2CC(Cl)CC2=O)c1C. The van der Waals surface area contributed by atoms with Gasteiger partial charge in [0.2, 0.25) is 5.91 Å². The fraction of sp³-hybridized carbons (Fsp3) is 0.417. The first-order valence-electron chi connectivity index (χ1n) is 5.10. The minimum atomic E-state index is -0.0441. The molecule has 3 heteroatoms. The van der Waals surface area contributed by atoms with E-state index in [1.807, 2.05) is 19.1 Å². The van der Waals surface area contributed by atoms with E-state index in [4.69, 9.17) is 11.6 Å². The third-order valence-corrected chi connectivity index (χ3v) is 3.24. The molecule has 2 rings (SSSR count). The average molecular weight is 224 g/mol. The third-order valence-electron chi connectivity index (χ3n) is 2.94. The number of anilines is 1. The Morgan fingerprint density at radius 1 is 1.40 bits per heavy atom. The van der Waals surface area contributed by atoms with E-state index in [9.17, 15) is 4.79 Å². The summed E-state index contributed by atoms with van der Waals surface area (Å²) in [5.74, 6) is 0.128. The van der Waals surface area contributed by atoms with Crippen LogP contribution in [0.3, 0.4) is 0 Å². The maximum atomic E-state index is 11.7. The van der Waals surface area contributed by atoms with E-state index in [-0.39, 0.29) is 11.3 Å². The first kappa shape index (κ1) is 10.5. The van der Waals surface area contributed by atoms with Gasteiger partial charge in [-0.05, 0) is 31.0 Å². The Bertz CT molecular complexity index is 403. The van der Waals surface area contributed by atoms with Crippen molar-refractivity contribution in [1.82, 2.24) is 0 Å². The molecule has 1 aromatic rings. The number of amides is 1. The Hall–Kier alpha value is -1.02. The van der Waals surface area contributed by atoms with Gasteiger partial charge in [-0.25, -0.2) is 0 Å². The maximum Gasteiger partial charge on any atom is 0.228 e. The van der Waals surface area contributed by atoms with E-state index in [1.165, 1.54) is 5.56 Å². The smallest absolute Gasteiger partial charge is 0.228 e. The number of carbonyl (C=O) groups excluding carboxylic acids is 1. The van der Waals surface area contributed by atoms with Gasteiger partial charge in [-0.15, -0.1) is 11.6 Å². The first-order valence-corrected chi connectivity index (χ1v) is 5.54. The molecule has 0 aromatic heterocycles. The van der Waals surface area contributed by atoms with Gasteiger partial charge in [0, 0.05) is 18.7 Å². The van der Waals surface area contributed by atoms with Crippen LogP contribution in [0.1, 0.15) is 17.5 Å². The van der Waals surface area contributed by atoms with Crippen LogP contribution in [0, 0.1) is 13.8 Å². The zero-order valence-electron chi connectivity index (χ0n) is 8.96. The van der Waals surface area contributed by atoms with Crippen molar-refractivity contribution in [3.8, 4) is 0 Å². The molecular weight excluding hydrogens is 210 g/mol. The summed E-state index contributed by atoms with van der Waals surface area (Å²) in [6.45, 7) is 4.72. The minimum Gasteiger partial charge on any atom is -0.311 e. The summed E-state index contributed by atoms with van der Waals surface area (Å²) >= 11 is 5.98. The van der Waals surface area contributed by atoms with Gasteiger partial charge in [-0.2, -0.15) is 0 Å². The molecule has 1 heterocycles. The molecule has 1 aromatic carbocycles. The Morgan fingerprint density at radius 2 is 2.13 bits per heavy atom. The zero-order chi connectivity index (χ0) is 11.0. The topological polar surface area (TPSA) is 20.3 Å². The van der Waals surface area contributed by atoms with Gasteiger partial charge in [0.15, 0.2) is 0 Å². The van der Waals surface area contributed by atoms with Crippen molar-refractivity contribution >= 4 is 23.2 Å². The van der Waals surface area contributed by atoms with Crippen LogP contribution in [-0.2, 0) is 4.79 Å². The monoisotopic (exact) mass is 223 g/mol. The molecule has 80 valence electrons. The Labute approximate surface area is 94.8 Å². The summed E-state index contributed by atoms with van der Waals surface area (Å²) in [4.78, 5) is 13.5. The van der Waals surface area contributed by atoms with E-state index in [0.29, 0.717) is 13.0 Å². The molecule has 1 aliphatic rings. The lowest BCUT2D eigenvalue weighted by Crippen LogP contribution is -2.25. The van der Waals surface area contributed by atoms with Gasteiger partial charge in [-0.1, -0.05) is 12.1 Å². The summed E-state index contributed by atoms with van der Waals surface area (Å²) in [5, 5.41) is -0.0441. The molecule has 1 atom stereocenters. The second kappa shape index (κ2) is 3.86. The van der Waals surface area contributed by atoms with Crippen molar-refractivity contribution in [3.05, 3.63) is 29.3 Å². The number of halogens is 1. The van der Waals surface area contributed by atoms with E-state index in [2.05, 4.69) is 13.0 Å². The Morgan fingerprint density at radius 3 is 2.73 bits per heavy atom. The van der Waals surface area contributed by atoms with E-state index in [1.54, 1.807) is 4.90 Å². The van der Waals surface area contributed by atoms with Gasteiger partial charge in [-0.3, -0.25) is 4.79 Å². The minimum absolute atomic E-state index is 0.0441. The highest BCUT2D eigenvalue weighted by atomic mass is 35.5. The standard InChI is InChI=1S/C12H14ClNO/c1-8-4-3-5-11(9(8)2)14-7-10(13)6-12(14)15/h3-5,10H,6-7H2,1-2H3. The van der Waals surface area contributed by atoms with Crippen LogP contribution in [0.25, 0.3) is 0 Å². The quantitative estimate of drug-likeness (QED) is 0.671. The predicted octanol–water partition coefficient (Wildman–Crippen LogP) is 2.65. The third kappa shape index (κ3) is 1.86. The van der Waals surface area contributed by atoms with Crippen LogP contribution >= 0.6 is 11.6 Å². The Kier molecular flexibility index (Phi) is 2.70. The Balaban J connectivity index is 2.38. The highest BCUT2D eigenvalue weighted by Gasteiger charge is 2.29. The van der Waals surface area contributed by atoms with Crippen molar-refractivity contribution < 1.29 is 4.79 Å². The lowest BCUT2D eigenvalue weighted by atomic mass is 10.1. The van der Waals surface area contributed by atoms with Crippen molar-refractivity contribution in [3.63, 3.8) is 0 Å². The normalized spacial score (nSPS) is 21.1. The van der Waals surface area contributed by atoms with E-state index < -0.39 is 0 Å². The summed E-state index contributed by atoms with van der Waals surface area (Å²) in [6, 6.07) is 6.01. The molecule has 15 heavy (non-hydrogen) atoms. The molecular formula is C12H14ClNO. The predicted molar refractivity (Wildman–Crippen MR) is 62.5 cm³/mol. The summed E-state index contributed by atoms with van der Waals surface area (Å²) in [5.41, 5.74) is 3.37. The van der Waals surface area contributed by atoms with Crippen LogP contribution in [-0.4, -0.2) is 17.8 Å². The molecule has 0 N–H and O–H groups in total. The highest BCUT2D eigenvalue weighted by molar-refractivity contribution is 6.24. The number of hydrogen-bond acceptors (Lipinski definition) is 1.